The maximum Gasteiger partial charge on any atom is 0.118 e. The van der Waals surface area contributed by atoms with Gasteiger partial charge in [-0.15, -0.1) is 0 Å². The lowest BCUT2D eigenvalue weighted by Crippen LogP contribution is -2.20. The molecule has 0 saturated carbocycles. The van der Waals surface area contributed by atoms with E-state index < -0.39 is 0 Å². The fraction of sp³-hybridized carbons (Fsp3) is 0.444. The van der Waals surface area contributed by atoms with E-state index in [1.165, 1.54) is 0 Å². The van der Waals surface area contributed by atoms with Crippen LogP contribution in [-0.2, 0) is 6.42 Å². The molecule has 0 spiro atoms. The van der Waals surface area contributed by atoms with E-state index in [1.54, 1.807) is 30.0 Å². The number of hydrogen-bond acceptors (Lipinski definition) is 4. The number of aryl methyl sites for hydroxylation is 1. The minimum absolute atomic E-state index is 0.0359. The first-order valence-electron chi connectivity index (χ1n) is 7.76. The Morgan fingerprint density at radius 3 is 2.45 bits per heavy atom. The second-order valence-corrected chi connectivity index (χ2v) is 7.40. The van der Waals surface area contributed by atoms with Crippen LogP contribution in [0, 0.1) is 0 Å². The minimum atomic E-state index is 0.0359. The number of phenolic OH excluding ortho intramolecular Hbond substituents is 1. The van der Waals surface area contributed by atoms with Gasteiger partial charge in [-0.1, -0.05) is 73.3 Å². The molecular formula is C18H27NOS2. The molecule has 0 unspecified atom stereocenters. The Kier molecular flexibility index (Phi) is 9.44. The zero-order chi connectivity index (χ0) is 16.3. The van der Waals surface area contributed by atoms with Crippen LogP contribution < -0.4 is 4.13 Å². The van der Waals surface area contributed by atoms with Crippen LogP contribution >= 0.6 is 23.9 Å². The van der Waals surface area contributed by atoms with E-state index in [0.29, 0.717) is 5.75 Å². The van der Waals surface area contributed by atoms with Crippen molar-refractivity contribution in [1.29, 1.82) is 0 Å². The van der Waals surface area contributed by atoms with Crippen molar-refractivity contribution in [3.05, 3.63) is 54.1 Å². The van der Waals surface area contributed by atoms with Gasteiger partial charge in [0, 0.05) is 5.75 Å². The van der Waals surface area contributed by atoms with E-state index >= 15 is 0 Å². The third kappa shape index (κ3) is 6.51. The van der Waals surface area contributed by atoms with Crippen LogP contribution in [-0.4, -0.2) is 15.6 Å². The molecule has 1 rings (SSSR count). The van der Waals surface area contributed by atoms with Crippen LogP contribution in [0.5, 0.6) is 5.75 Å². The van der Waals surface area contributed by atoms with Gasteiger partial charge in [0.25, 0.3) is 0 Å². The summed E-state index contributed by atoms with van der Waals surface area (Å²) in [6.07, 6.45) is 11.7. The van der Waals surface area contributed by atoms with Crippen LogP contribution in [0.4, 0.5) is 0 Å². The number of aromatic hydroxyl groups is 1. The van der Waals surface area contributed by atoms with Gasteiger partial charge in [-0.3, -0.25) is 0 Å². The van der Waals surface area contributed by atoms with Crippen molar-refractivity contribution in [2.24, 2.45) is 0 Å². The molecular weight excluding hydrogens is 310 g/mol. The molecule has 0 fully saturated rings. The molecule has 0 aliphatic rings. The van der Waals surface area contributed by atoms with Crippen LogP contribution in [0.25, 0.3) is 0 Å². The van der Waals surface area contributed by atoms with Gasteiger partial charge in [0.2, 0.25) is 0 Å². The van der Waals surface area contributed by atoms with Gasteiger partial charge in [-0.25, -0.2) is 4.13 Å². The van der Waals surface area contributed by atoms with E-state index in [4.69, 9.17) is 0 Å². The van der Waals surface area contributed by atoms with Gasteiger partial charge in [0.1, 0.15) is 5.75 Å². The van der Waals surface area contributed by atoms with Crippen molar-refractivity contribution in [3.8, 4) is 5.75 Å². The Morgan fingerprint density at radius 1 is 1.18 bits per heavy atom. The molecule has 0 aliphatic heterocycles. The van der Waals surface area contributed by atoms with Crippen molar-refractivity contribution in [2.45, 2.75) is 44.8 Å². The summed E-state index contributed by atoms with van der Waals surface area (Å²) in [7, 11) is 0. The monoisotopic (exact) mass is 337 g/mol. The summed E-state index contributed by atoms with van der Waals surface area (Å²) >= 11 is 3.49. The smallest absolute Gasteiger partial charge is 0.118 e. The quantitative estimate of drug-likeness (QED) is 0.335. The van der Waals surface area contributed by atoms with Gasteiger partial charge in [-0.2, -0.15) is 0 Å². The maximum atomic E-state index is 9.73. The number of benzene rings is 1. The molecule has 0 amide bonds. The second-order valence-electron chi connectivity index (χ2n) is 5.07. The summed E-state index contributed by atoms with van der Waals surface area (Å²) in [6, 6.07) is 7.57. The van der Waals surface area contributed by atoms with Gasteiger partial charge < -0.3 is 5.11 Å². The summed E-state index contributed by atoms with van der Waals surface area (Å²) in [6.45, 7) is 6.33. The van der Waals surface area contributed by atoms with E-state index in [9.17, 15) is 5.11 Å². The molecule has 0 atom stereocenters. The van der Waals surface area contributed by atoms with Gasteiger partial charge >= 0.3 is 0 Å². The summed E-state index contributed by atoms with van der Waals surface area (Å²) in [5, 5.41) is 9.73. The minimum Gasteiger partial charge on any atom is -0.508 e. The normalized spacial score (nSPS) is 14.7. The standard InChI is InChI=1S/C18H27NOS2/c1-4-13-18(6-3,14-5-2)22-19-21-15-9-11-16-10-7-8-12-17(16)20/h4-5,7-8,10,12-14,19-20H,6,9,11,15H2,1-3H3. The molecule has 1 aromatic carbocycles. The first kappa shape index (κ1) is 19.2. The summed E-state index contributed by atoms with van der Waals surface area (Å²) in [5.74, 6) is 1.42. The predicted molar refractivity (Wildman–Crippen MR) is 102 cm³/mol. The average Bonchev–Trinajstić information content (AvgIpc) is 2.52. The number of nitrogens with one attached hydrogen (secondary N) is 1. The second kappa shape index (κ2) is 10.8. The van der Waals surface area contributed by atoms with Gasteiger partial charge in [0.05, 0.1) is 4.75 Å². The fourth-order valence-electron chi connectivity index (χ4n) is 2.20. The Labute approximate surface area is 143 Å². The summed E-state index contributed by atoms with van der Waals surface area (Å²) in [5.41, 5.74) is 1.03. The van der Waals surface area contributed by atoms with E-state index in [2.05, 4.69) is 49.2 Å². The van der Waals surface area contributed by atoms with Crippen molar-refractivity contribution in [3.63, 3.8) is 0 Å². The lowest BCUT2D eigenvalue weighted by atomic mass is 10.0. The highest BCUT2D eigenvalue weighted by molar-refractivity contribution is 8.13. The Morgan fingerprint density at radius 2 is 1.86 bits per heavy atom. The lowest BCUT2D eigenvalue weighted by molar-refractivity contribution is 0.467. The van der Waals surface area contributed by atoms with Crippen molar-refractivity contribution in [1.82, 2.24) is 4.13 Å². The van der Waals surface area contributed by atoms with Crippen LogP contribution in [0.1, 0.15) is 39.2 Å². The zero-order valence-electron chi connectivity index (χ0n) is 13.7. The third-order valence-corrected chi connectivity index (χ3v) is 5.66. The Balaban J connectivity index is 2.31. The highest BCUT2D eigenvalue weighted by atomic mass is 32.2. The fourth-order valence-corrected chi connectivity index (χ4v) is 4.23. The van der Waals surface area contributed by atoms with Gasteiger partial charge in [0.15, 0.2) is 0 Å². The zero-order valence-corrected chi connectivity index (χ0v) is 15.3. The lowest BCUT2D eigenvalue weighted by Gasteiger charge is -2.24. The molecule has 0 aliphatic carbocycles. The van der Waals surface area contributed by atoms with Crippen molar-refractivity contribution in [2.75, 3.05) is 5.75 Å². The molecule has 2 N–H and O–H groups in total. The molecule has 0 heterocycles. The Bertz CT molecular complexity index is 474. The summed E-state index contributed by atoms with van der Waals surface area (Å²) < 4.78 is 3.45. The van der Waals surface area contributed by atoms with Crippen LogP contribution in [0.2, 0.25) is 0 Å². The van der Waals surface area contributed by atoms with Crippen LogP contribution in [0.3, 0.4) is 0 Å². The first-order chi connectivity index (χ1) is 10.7. The Hall–Kier alpha value is -0.840. The van der Waals surface area contributed by atoms with E-state index in [0.717, 1.165) is 30.6 Å². The summed E-state index contributed by atoms with van der Waals surface area (Å²) in [4.78, 5) is 0. The number of para-hydroxylation sites is 1. The molecule has 122 valence electrons. The maximum absolute atomic E-state index is 9.73. The molecule has 1 aromatic rings. The number of hydrogen-bond donors (Lipinski definition) is 2. The molecule has 22 heavy (non-hydrogen) atoms. The highest BCUT2D eigenvalue weighted by Gasteiger charge is 2.21. The SMILES string of the molecule is CC=CC(C=CC)(CC)SNSCCCc1ccccc1O. The third-order valence-electron chi connectivity index (χ3n) is 3.42. The van der Waals surface area contributed by atoms with Crippen molar-refractivity contribution >= 4 is 23.9 Å². The molecule has 0 bridgehead atoms. The number of phenols is 1. The molecule has 0 aromatic heterocycles. The molecule has 0 radical (unpaired) electrons. The van der Waals surface area contributed by atoms with E-state index in [1.807, 2.05) is 18.2 Å². The first-order valence-corrected chi connectivity index (χ1v) is 9.57. The molecule has 0 saturated heterocycles. The number of allylic oxidation sites excluding steroid dienone is 2. The topological polar surface area (TPSA) is 32.3 Å². The molecule has 2 nitrogen and oxygen atoms in total. The number of rotatable bonds is 10. The predicted octanol–water partition coefficient (Wildman–Crippen LogP) is 5.51. The largest absolute Gasteiger partial charge is 0.508 e. The van der Waals surface area contributed by atoms with Crippen molar-refractivity contribution < 1.29 is 5.11 Å². The highest BCUT2D eigenvalue weighted by Crippen LogP contribution is 2.31. The van der Waals surface area contributed by atoms with Crippen LogP contribution in [0.15, 0.2) is 48.6 Å². The molecule has 4 heteroatoms. The van der Waals surface area contributed by atoms with E-state index in [-0.39, 0.29) is 4.75 Å². The average molecular weight is 338 g/mol. The van der Waals surface area contributed by atoms with Gasteiger partial charge in [-0.05, 0) is 44.7 Å².